The van der Waals surface area contributed by atoms with Crippen LogP contribution in [0.5, 0.6) is 11.5 Å². The average molecular weight is 385 g/mol. The molecule has 4 nitrogen and oxygen atoms in total. The van der Waals surface area contributed by atoms with Crippen molar-refractivity contribution in [2.24, 2.45) is 0 Å². The van der Waals surface area contributed by atoms with E-state index in [0.29, 0.717) is 28.7 Å². The van der Waals surface area contributed by atoms with Crippen LogP contribution in [0.3, 0.4) is 0 Å². The van der Waals surface area contributed by atoms with E-state index in [2.05, 4.69) is 0 Å². The Labute approximate surface area is 167 Å². The zero-order chi connectivity index (χ0) is 21.5. The van der Waals surface area contributed by atoms with Gasteiger partial charge in [0.25, 0.3) is 0 Å². The minimum absolute atomic E-state index is 0.160. The summed E-state index contributed by atoms with van der Waals surface area (Å²) < 4.78 is 0. The minimum atomic E-state index is -1.28. The van der Waals surface area contributed by atoms with Crippen LogP contribution >= 0.6 is 0 Å². The van der Waals surface area contributed by atoms with Crippen LogP contribution in [0, 0.1) is 0 Å². The largest absolute Gasteiger partial charge is 0.508 e. The molecule has 0 unspecified atom stereocenters. The normalized spacial score (nSPS) is 12.8. The number of hydrogen-bond donors (Lipinski definition) is 3. The molecule has 4 heteroatoms. The van der Waals surface area contributed by atoms with Gasteiger partial charge in [0.1, 0.15) is 16.9 Å². The van der Waals surface area contributed by atoms with Crippen molar-refractivity contribution in [1.82, 2.24) is 0 Å². The van der Waals surface area contributed by atoms with Crippen LogP contribution in [-0.2, 0) is 21.0 Å². The van der Waals surface area contributed by atoms with E-state index in [9.17, 15) is 20.1 Å². The second-order valence-corrected chi connectivity index (χ2v) is 9.53. The summed E-state index contributed by atoms with van der Waals surface area (Å²) in [5.41, 5.74) is 0.721. The minimum Gasteiger partial charge on any atom is -0.508 e. The zero-order valence-electron chi connectivity index (χ0n) is 17.9. The van der Waals surface area contributed by atoms with Crippen LogP contribution in [-0.4, -0.2) is 21.3 Å². The molecule has 0 heterocycles. The van der Waals surface area contributed by atoms with Crippen molar-refractivity contribution < 1.29 is 20.1 Å². The van der Waals surface area contributed by atoms with Gasteiger partial charge in [-0.05, 0) is 51.6 Å². The van der Waals surface area contributed by atoms with E-state index in [1.54, 1.807) is 36.4 Å². The Morgan fingerprint density at radius 1 is 0.786 bits per heavy atom. The van der Waals surface area contributed by atoms with Crippen molar-refractivity contribution in [2.75, 3.05) is 0 Å². The Hall–Kier alpha value is -2.49. The molecule has 3 N–H and O–H groups in total. The van der Waals surface area contributed by atoms with Crippen LogP contribution in [0.25, 0.3) is 0 Å². The molecule has 0 aromatic heterocycles. The van der Waals surface area contributed by atoms with Gasteiger partial charge in [-0.1, -0.05) is 72.7 Å². The van der Waals surface area contributed by atoms with Gasteiger partial charge in [-0.2, -0.15) is 0 Å². The summed E-state index contributed by atoms with van der Waals surface area (Å²) in [6.45, 7) is 13.8. The van der Waals surface area contributed by atoms with E-state index < -0.39 is 11.4 Å². The predicted molar refractivity (Wildman–Crippen MR) is 112 cm³/mol. The lowest BCUT2D eigenvalue weighted by molar-refractivity contribution is -0.142. The number of phenolic OH excluding ortho intramolecular Hbond substituents is 2. The molecule has 0 aliphatic carbocycles. The molecule has 0 aliphatic heterocycles. The zero-order valence-corrected chi connectivity index (χ0v) is 17.9. The molecule has 0 atom stereocenters. The molecule has 0 fully saturated rings. The van der Waals surface area contributed by atoms with Gasteiger partial charge in [0, 0.05) is 0 Å². The quantitative estimate of drug-likeness (QED) is 0.653. The van der Waals surface area contributed by atoms with E-state index >= 15 is 0 Å². The van der Waals surface area contributed by atoms with Gasteiger partial charge < -0.3 is 15.3 Å². The van der Waals surface area contributed by atoms with Crippen molar-refractivity contribution in [3.05, 3.63) is 58.7 Å². The molecule has 2 aromatic rings. The fourth-order valence-corrected chi connectivity index (χ4v) is 3.78. The first-order valence-electron chi connectivity index (χ1n) is 9.66. The SMILES string of the molecule is CCC(C(=O)O)(c1ccc(O)c(C(C)(C)C)c1)c1ccc(O)c(C(C)(C)C)c1. The smallest absolute Gasteiger partial charge is 0.318 e. The molecule has 2 rings (SSSR count). The van der Waals surface area contributed by atoms with Crippen LogP contribution in [0.15, 0.2) is 36.4 Å². The van der Waals surface area contributed by atoms with Crippen molar-refractivity contribution in [1.29, 1.82) is 0 Å². The standard InChI is InChI=1S/C24H32O4/c1-8-24(21(27)28,15-9-11-19(25)17(13-15)22(2,3)4)16-10-12-20(26)18(14-16)23(5,6)7/h9-14,25-26H,8H2,1-7H3,(H,27,28). The monoisotopic (exact) mass is 384 g/mol. The van der Waals surface area contributed by atoms with Gasteiger partial charge in [0.15, 0.2) is 0 Å². The molecule has 0 saturated carbocycles. The number of carboxylic acid groups (broad SMARTS) is 1. The predicted octanol–water partition coefficient (Wildman–Crippen LogP) is 5.47. The Kier molecular flexibility index (Phi) is 5.57. The molecule has 0 spiro atoms. The Morgan fingerprint density at radius 2 is 1.14 bits per heavy atom. The molecule has 0 saturated heterocycles. The summed E-state index contributed by atoms with van der Waals surface area (Å²) in [7, 11) is 0. The van der Waals surface area contributed by atoms with Crippen molar-refractivity contribution in [2.45, 2.75) is 71.1 Å². The van der Waals surface area contributed by atoms with Crippen molar-refractivity contribution in [3.8, 4) is 11.5 Å². The van der Waals surface area contributed by atoms with E-state index in [-0.39, 0.29) is 22.3 Å². The number of hydrogen-bond acceptors (Lipinski definition) is 3. The van der Waals surface area contributed by atoms with Crippen molar-refractivity contribution >= 4 is 5.97 Å². The molecule has 0 radical (unpaired) electrons. The molecular weight excluding hydrogens is 352 g/mol. The molecule has 0 amide bonds. The number of phenols is 2. The van der Waals surface area contributed by atoms with Crippen molar-refractivity contribution in [3.63, 3.8) is 0 Å². The van der Waals surface area contributed by atoms with Crippen LogP contribution in [0.4, 0.5) is 0 Å². The first kappa shape index (κ1) is 21.8. The number of aliphatic carboxylic acids is 1. The summed E-state index contributed by atoms with van der Waals surface area (Å²) in [6, 6.07) is 10.1. The lowest BCUT2D eigenvalue weighted by atomic mass is 9.69. The maximum atomic E-state index is 12.6. The molecular formula is C24H32O4. The van der Waals surface area contributed by atoms with Gasteiger partial charge in [0.05, 0.1) is 0 Å². The second-order valence-electron chi connectivity index (χ2n) is 9.53. The van der Waals surface area contributed by atoms with Crippen LogP contribution in [0.1, 0.15) is 77.1 Å². The van der Waals surface area contributed by atoms with Gasteiger partial charge in [-0.15, -0.1) is 0 Å². The van der Waals surface area contributed by atoms with Gasteiger partial charge in [-0.25, -0.2) is 0 Å². The van der Waals surface area contributed by atoms with E-state index in [4.69, 9.17) is 0 Å². The summed E-state index contributed by atoms with van der Waals surface area (Å²) in [5, 5.41) is 31.0. The summed E-state index contributed by atoms with van der Waals surface area (Å²) in [4.78, 5) is 12.6. The molecule has 0 bridgehead atoms. The molecule has 152 valence electrons. The fraction of sp³-hybridized carbons (Fsp3) is 0.458. The number of carbonyl (C=O) groups is 1. The number of benzene rings is 2. The van der Waals surface area contributed by atoms with E-state index in [1.165, 1.54) is 0 Å². The van der Waals surface area contributed by atoms with E-state index in [0.717, 1.165) is 0 Å². The lowest BCUT2D eigenvalue weighted by Crippen LogP contribution is -2.37. The topological polar surface area (TPSA) is 77.8 Å². The highest BCUT2D eigenvalue weighted by Gasteiger charge is 2.42. The Bertz CT molecular complexity index is 819. The first-order valence-corrected chi connectivity index (χ1v) is 9.66. The van der Waals surface area contributed by atoms with Crippen LogP contribution < -0.4 is 0 Å². The highest BCUT2D eigenvalue weighted by Crippen LogP contribution is 2.43. The maximum Gasteiger partial charge on any atom is 0.318 e. The third kappa shape index (κ3) is 3.73. The molecule has 28 heavy (non-hydrogen) atoms. The summed E-state index contributed by atoms with van der Waals surface area (Å²) in [6.07, 6.45) is 0.338. The summed E-state index contributed by atoms with van der Waals surface area (Å²) >= 11 is 0. The lowest BCUT2D eigenvalue weighted by Gasteiger charge is -2.33. The third-order valence-corrected chi connectivity index (χ3v) is 5.49. The number of carboxylic acids is 1. The van der Waals surface area contributed by atoms with Crippen LogP contribution in [0.2, 0.25) is 0 Å². The summed E-state index contributed by atoms with van der Waals surface area (Å²) in [5.74, 6) is -0.633. The van der Waals surface area contributed by atoms with E-state index in [1.807, 2.05) is 48.5 Å². The molecule has 2 aromatic carbocycles. The number of rotatable bonds is 4. The van der Waals surface area contributed by atoms with Gasteiger partial charge in [0.2, 0.25) is 0 Å². The average Bonchev–Trinajstić information content (AvgIpc) is 2.56. The highest BCUT2D eigenvalue weighted by atomic mass is 16.4. The van der Waals surface area contributed by atoms with Gasteiger partial charge in [-0.3, -0.25) is 4.79 Å². The maximum absolute atomic E-state index is 12.6. The third-order valence-electron chi connectivity index (χ3n) is 5.49. The number of aromatic hydroxyl groups is 2. The van der Waals surface area contributed by atoms with Gasteiger partial charge >= 0.3 is 5.97 Å². The Morgan fingerprint density at radius 3 is 1.39 bits per heavy atom. The first-order chi connectivity index (χ1) is 12.7. The highest BCUT2D eigenvalue weighted by molar-refractivity contribution is 5.86. The molecule has 0 aliphatic rings. The Balaban J connectivity index is 2.83. The fourth-order valence-electron chi connectivity index (χ4n) is 3.78. The second kappa shape index (κ2) is 7.16.